The smallest absolute Gasteiger partial charge is 0.267 e. The fraction of sp³-hybridized carbons (Fsp3) is 0.429. The number of rotatable bonds is 2. The number of piperidine rings is 1. The quantitative estimate of drug-likeness (QED) is 0.540. The normalized spacial score (nSPS) is 24.2. The molecule has 2 unspecified atom stereocenters. The Labute approximate surface area is 179 Å². The zero-order valence-corrected chi connectivity index (χ0v) is 18.6. The van der Waals surface area contributed by atoms with Gasteiger partial charge in [-0.2, -0.15) is 0 Å². The van der Waals surface area contributed by atoms with Crippen molar-refractivity contribution in [2.75, 3.05) is 25.0 Å². The van der Waals surface area contributed by atoms with Crippen molar-refractivity contribution in [1.82, 2.24) is 14.3 Å². The van der Waals surface area contributed by atoms with Gasteiger partial charge in [-0.1, -0.05) is 43.9 Å². The average molecular weight is 429 g/mol. The van der Waals surface area contributed by atoms with Crippen LogP contribution in [-0.2, 0) is 4.79 Å². The summed E-state index contributed by atoms with van der Waals surface area (Å²) in [4.78, 5) is 34.9. The van der Waals surface area contributed by atoms with Gasteiger partial charge in [0.1, 0.15) is 15.8 Å². The van der Waals surface area contributed by atoms with Crippen molar-refractivity contribution in [3.63, 3.8) is 0 Å². The molecule has 0 N–H and O–H groups in total. The van der Waals surface area contributed by atoms with Crippen molar-refractivity contribution in [1.29, 1.82) is 0 Å². The van der Waals surface area contributed by atoms with E-state index in [0.717, 1.165) is 25.1 Å². The molecule has 2 aliphatic heterocycles. The monoisotopic (exact) mass is 428 g/mol. The minimum Gasteiger partial charge on any atom is -0.355 e. The summed E-state index contributed by atoms with van der Waals surface area (Å²) >= 11 is 6.47. The fourth-order valence-electron chi connectivity index (χ4n) is 4.13. The Morgan fingerprint density at radius 1 is 1.21 bits per heavy atom. The first kappa shape index (κ1) is 20.1. The maximum absolute atomic E-state index is 13.4. The highest BCUT2D eigenvalue weighted by Gasteiger charge is 2.31. The van der Waals surface area contributed by atoms with Crippen LogP contribution in [0.4, 0.5) is 5.82 Å². The summed E-state index contributed by atoms with van der Waals surface area (Å²) in [5.74, 6) is 1.50. The summed E-state index contributed by atoms with van der Waals surface area (Å²) in [7, 11) is 1.66. The number of carbonyl (C=O) groups is 1. The molecule has 0 spiro atoms. The molecule has 2 saturated heterocycles. The minimum absolute atomic E-state index is 0.166. The lowest BCUT2D eigenvalue weighted by Crippen LogP contribution is -2.40. The molecule has 2 atom stereocenters. The highest BCUT2D eigenvalue weighted by atomic mass is 32.2. The molecule has 2 fully saturated rings. The molecule has 2 aromatic rings. The van der Waals surface area contributed by atoms with Crippen LogP contribution in [0.5, 0.6) is 0 Å². The second-order valence-corrected chi connectivity index (χ2v) is 9.86. The van der Waals surface area contributed by atoms with Gasteiger partial charge < -0.3 is 4.90 Å². The summed E-state index contributed by atoms with van der Waals surface area (Å²) < 4.78 is 2.06. The van der Waals surface area contributed by atoms with E-state index in [2.05, 4.69) is 18.7 Å². The minimum atomic E-state index is -0.180. The van der Waals surface area contributed by atoms with Crippen LogP contribution in [0, 0.1) is 18.8 Å². The predicted octanol–water partition coefficient (Wildman–Crippen LogP) is 3.32. The van der Waals surface area contributed by atoms with E-state index >= 15 is 0 Å². The lowest BCUT2D eigenvalue weighted by Gasteiger charge is -2.36. The van der Waals surface area contributed by atoms with Crippen LogP contribution in [0.2, 0.25) is 0 Å². The van der Waals surface area contributed by atoms with E-state index in [-0.39, 0.29) is 11.5 Å². The Balaban J connectivity index is 1.93. The molecule has 0 aromatic carbocycles. The predicted molar refractivity (Wildman–Crippen MR) is 122 cm³/mol. The second-order valence-electron chi connectivity index (χ2n) is 8.18. The van der Waals surface area contributed by atoms with Gasteiger partial charge >= 0.3 is 0 Å². The first-order valence-corrected chi connectivity index (χ1v) is 11.0. The van der Waals surface area contributed by atoms with Crippen LogP contribution in [0.15, 0.2) is 28.0 Å². The van der Waals surface area contributed by atoms with E-state index in [0.29, 0.717) is 38.1 Å². The molecule has 0 aliphatic carbocycles. The van der Waals surface area contributed by atoms with Gasteiger partial charge in [0.05, 0.1) is 10.5 Å². The van der Waals surface area contributed by atoms with E-state index in [9.17, 15) is 9.59 Å². The summed E-state index contributed by atoms with van der Waals surface area (Å²) in [6, 6.07) is 3.82. The van der Waals surface area contributed by atoms with Gasteiger partial charge in [0.25, 0.3) is 11.5 Å². The number of fused-ring (bicyclic) bond motifs is 1. The Morgan fingerprint density at radius 3 is 2.52 bits per heavy atom. The third kappa shape index (κ3) is 3.71. The molecule has 1 amide bonds. The maximum atomic E-state index is 13.4. The van der Waals surface area contributed by atoms with Crippen LogP contribution in [0.3, 0.4) is 0 Å². The third-order valence-corrected chi connectivity index (χ3v) is 6.90. The van der Waals surface area contributed by atoms with Crippen LogP contribution in [-0.4, -0.2) is 44.6 Å². The molecule has 4 rings (SSSR count). The zero-order chi connectivity index (χ0) is 20.9. The first-order valence-electron chi connectivity index (χ1n) is 9.74. The van der Waals surface area contributed by atoms with Crippen molar-refractivity contribution in [3.05, 3.63) is 44.7 Å². The van der Waals surface area contributed by atoms with Gasteiger partial charge in [-0.25, -0.2) is 4.98 Å². The number of carbonyl (C=O) groups excluding carboxylic acids is 1. The van der Waals surface area contributed by atoms with Gasteiger partial charge in [-0.15, -0.1) is 0 Å². The first-order chi connectivity index (χ1) is 13.7. The van der Waals surface area contributed by atoms with Crippen molar-refractivity contribution in [2.45, 2.75) is 27.2 Å². The number of thiocarbonyl (C=S) groups is 1. The third-order valence-electron chi connectivity index (χ3n) is 5.42. The Bertz CT molecular complexity index is 1100. The number of hydrogen-bond acceptors (Lipinski definition) is 6. The van der Waals surface area contributed by atoms with E-state index < -0.39 is 0 Å². The number of hydrogen-bond donors (Lipinski definition) is 0. The van der Waals surface area contributed by atoms with Crippen molar-refractivity contribution >= 4 is 51.7 Å². The molecule has 6 nitrogen and oxygen atoms in total. The van der Waals surface area contributed by atoms with Crippen molar-refractivity contribution < 1.29 is 4.79 Å². The molecular weight excluding hydrogens is 404 g/mol. The summed E-state index contributed by atoms with van der Waals surface area (Å²) in [6.45, 7) is 8.07. The van der Waals surface area contributed by atoms with Gasteiger partial charge in [0.15, 0.2) is 0 Å². The van der Waals surface area contributed by atoms with Crippen molar-refractivity contribution in [3.8, 4) is 0 Å². The van der Waals surface area contributed by atoms with Crippen LogP contribution >= 0.6 is 24.0 Å². The zero-order valence-electron chi connectivity index (χ0n) is 17.0. The Morgan fingerprint density at radius 2 is 1.90 bits per heavy atom. The SMILES string of the molecule is Cc1ccc2nc(N3CC(C)CC(C)C3)c(C=C3SC(=S)N(C)C3=O)c(=O)n2c1. The van der Waals surface area contributed by atoms with Gasteiger partial charge in [0, 0.05) is 26.3 Å². The van der Waals surface area contributed by atoms with Gasteiger partial charge in [0.2, 0.25) is 0 Å². The molecule has 2 aliphatic rings. The van der Waals surface area contributed by atoms with E-state index in [1.54, 1.807) is 23.7 Å². The topological polar surface area (TPSA) is 57.9 Å². The van der Waals surface area contributed by atoms with Crippen LogP contribution in [0.25, 0.3) is 11.7 Å². The van der Waals surface area contributed by atoms with Gasteiger partial charge in [-0.3, -0.25) is 18.9 Å². The molecule has 0 bridgehead atoms. The van der Waals surface area contributed by atoms with E-state index in [4.69, 9.17) is 17.2 Å². The average Bonchev–Trinajstić information content (AvgIpc) is 2.90. The highest BCUT2D eigenvalue weighted by molar-refractivity contribution is 8.26. The molecule has 4 heterocycles. The van der Waals surface area contributed by atoms with E-state index in [1.807, 2.05) is 19.1 Å². The van der Waals surface area contributed by atoms with E-state index in [1.165, 1.54) is 16.7 Å². The number of pyridine rings is 1. The number of likely N-dealkylation sites (N-methyl/N-ethyl adjacent to an activating group) is 1. The molecule has 8 heteroatoms. The van der Waals surface area contributed by atoms with Gasteiger partial charge in [-0.05, 0) is 42.9 Å². The summed E-state index contributed by atoms with van der Waals surface area (Å²) in [5, 5.41) is 0. The molecule has 0 radical (unpaired) electrons. The molecule has 152 valence electrons. The van der Waals surface area contributed by atoms with Crippen LogP contribution < -0.4 is 10.5 Å². The highest BCUT2D eigenvalue weighted by Crippen LogP contribution is 2.33. The lowest BCUT2D eigenvalue weighted by molar-refractivity contribution is -0.121. The number of anilines is 1. The fourth-order valence-corrected chi connectivity index (χ4v) is 5.29. The Hall–Kier alpha value is -2.19. The molecule has 0 saturated carbocycles. The summed E-state index contributed by atoms with van der Waals surface area (Å²) in [6.07, 6.45) is 4.62. The number of aromatic nitrogens is 2. The standard InChI is InChI=1S/C21H24N4O2S2/c1-12-5-6-17-22-18(24-9-13(2)7-14(3)10-24)15(19(26)25(17)11-12)8-16-20(27)23(4)21(28)29-16/h5-6,8,11,13-14H,7,9-10H2,1-4H3. The lowest BCUT2D eigenvalue weighted by atomic mass is 9.91. The molecule has 2 aromatic heterocycles. The number of nitrogens with zero attached hydrogens (tertiary/aromatic N) is 4. The summed E-state index contributed by atoms with van der Waals surface area (Å²) in [5.41, 5.74) is 1.87. The molecular formula is C21H24N4O2S2. The van der Waals surface area contributed by atoms with Crippen molar-refractivity contribution in [2.24, 2.45) is 11.8 Å². The number of aryl methyl sites for hydroxylation is 1. The number of thioether (sulfide) groups is 1. The molecule has 29 heavy (non-hydrogen) atoms. The number of amides is 1. The second kappa shape index (κ2) is 7.57. The maximum Gasteiger partial charge on any atom is 0.267 e. The largest absolute Gasteiger partial charge is 0.355 e. The Kier molecular flexibility index (Phi) is 5.25. The van der Waals surface area contributed by atoms with Crippen LogP contribution in [0.1, 0.15) is 31.4 Å².